The van der Waals surface area contributed by atoms with Crippen molar-refractivity contribution in [3.8, 4) is 0 Å². The molecule has 2 aromatic rings. The minimum absolute atomic E-state index is 0.00284. The molecule has 29 heavy (non-hydrogen) atoms. The molecule has 1 aromatic carbocycles. The Balaban J connectivity index is 1.32. The maximum atomic E-state index is 12.7. The Kier molecular flexibility index (Phi) is 5.72. The van der Waals surface area contributed by atoms with Crippen LogP contribution in [0.4, 0.5) is 0 Å². The SMILES string of the molecule is Cc1ccc(CN(C)C(=O)CN(Cc2ccc(C(=O)NC3CC3)cc2)C2CC2)o1. The number of hydrogen-bond donors (Lipinski definition) is 1. The normalized spacial score (nSPS) is 16.1. The van der Waals surface area contributed by atoms with Crippen LogP contribution in [0.1, 0.15) is 53.1 Å². The number of amides is 2. The molecule has 0 radical (unpaired) electrons. The Labute approximate surface area is 171 Å². The average molecular weight is 396 g/mol. The van der Waals surface area contributed by atoms with Crippen LogP contribution in [0.5, 0.6) is 0 Å². The summed E-state index contributed by atoms with van der Waals surface area (Å²) in [6.07, 6.45) is 4.44. The van der Waals surface area contributed by atoms with Crippen molar-refractivity contribution in [2.24, 2.45) is 0 Å². The highest BCUT2D eigenvalue weighted by atomic mass is 16.3. The van der Waals surface area contributed by atoms with Gasteiger partial charge in [-0.15, -0.1) is 0 Å². The Hall–Kier alpha value is -2.60. The predicted molar refractivity (Wildman–Crippen MR) is 110 cm³/mol. The molecule has 2 saturated carbocycles. The lowest BCUT2D eigenvalue weighted by Gasteiger charge is -2.25. The first-order valence-electron chi connectivity index (χ1n) is 10.4. The van der Waals surface area contributed by atoms with E-state index < -0.39 is 0 Å². The van der Waals surface area contributed by atoms with Crippen LogP contribution in [0.2, 0.25) is 0 Å². The van der Waals surface area contributed by atoms with E-state index in [1.165, 1.54) is 0 Å². The molecule has 0 aliphatic heterocycles. The lowest BCUT2D eigenvalue weighted by atomic mass is 10.1. The summed E-state index contributed by atoms with van der Waals surface area (Å²) < 4.78 is 5.58. The van der Waals surface area contributed by atoms with Gasteiger partial charge >= 0.3 is 0 Å². The molecule has 1 aromatic heterocycles. The van der Waals surface area contributed by atoms with Crippen LogP contribution in [0.25, 0.3) is 0 Å². The summed E-state index contributed by atoms with van der Waals surface area (Å²) in [5.74, 6) is 1.75. The van der Waals surface area contributed by atoms with Gasteiger partial charge in [0.05, 0.1) is 13.1 Å². The highest BCUT2D eigenvalue weighted by molar-refractivity contribution is 5.94. The maximum absolute atomic E-state index is 12.7. The number of rotatable bonds is 9. The molecule has 4 rings (SSSR count). The lowest BCUT2D eigenvalue weighted by Crippen LogP contribution is -2.38. The molecule has 6 nitrogen and oxygen atoms in total. The standard InChI is InChI=1S/C23H29N3O3/c1-16-3-12-21(29-16)14-25(2)22(27)15-26(20-10-11-20)13-17-4-6-18(7-5-17)23(28)24-19-8-9-19/h3-7,12,19-20H,8-11,13-15H2,1-2H3,(H,24,28). The number of benzene rings is 1. The quantitative estimate of drug-likeness (QED) is 0.709. The fourth-order valence-electron chi connectivity index (χ4n) is 3.43. The molecule has 0 bridgehead atoms. The second kappa shape index (κ2) is 8.41. The van der Waals surface area contributed by atoms with Crippen LogP contribution in [0.15, 0.2) is 40.8 Å². The van der Waals surface area contributed by atoms with Crippen LogP contribution < -0.4 is 5.32 Å². The first-order valence-corrected chi connectivity index (χ1v) is 10.4. The molecule has 154 valence electrons. The second-order valence-electron chi connectivity index (χ2n) is 8.34. The zero-order chi connectivity index (χ0) is 20.4. The zero-order valence-electron chi connectivity index (χ0n) is 17.2. The molecule has 6 heteroatoms. The topological polar surface area (TPSA) is 65.8 Å². The summed E-state index contributed by atoms with van der Waals surface area (Å²) in [6.45, 7) is 3.50. The van der Waals surface area contributed by atoms with Gasteiger partial charge in [0.25, 0.3) is 5.91 Å². The van der Waals surface area contributed by atoms with E-state index >= 15 is 0 Å². The molecular weight excluding hydrogens is 366 g/mol. The van der Waals surface area contributed by atoms with Crippen LogP contribution >= 0.6 is 0 Å². The summed E-state index contributed by atoms with van der Waals surface area (Å²) in [5.41, 5.74) is 1.82. The Morgan fingerprint density at radius 3 is 2.34 bits per heavy atom. The number of nitrogens with zero attached hydrogens (tertiary/aromatic N) is 2. The highest BCUT2D eigenvalue weighted by Crippen LogP contribution is 2.28. The molecule has 0 spiro atoms. The van der Waals surface area contributed by atoms with Gasteiger partial charge in [0.15, 0.2) is 0 Å². The summed E-state index contributed by atoms with van der Waals surface area (Å²) in [4.78, 5) is 28.8. The molecular formula is C23H29N3O3. The van der Waals surface area contributed by atoms with Crippen molar-refractivity contribution < 1.29 is 14.0 Å². The third kappa shape index (κ3) is 5.48. The molecule has 2 amide bonds. The number of carbonyl (C=O) groups excluding carboxylic acids is 2. The number of nitrogens with one attached hydrogen (secondary N) is 1. The minimum Gasteiger partial charge on any atom is -0.464 e. The van der Waals surface area contributed by atoms with E-state index in [2.05, 4.69) is 10.2 Å². The molecule has 0 unspecified atom stereocenters. The largest absolute Gasteiger partial charge is 0.464 e. The van der Waals surface area contributed by atoms with E-state index in [4.69, 9.17) is 4.42 Å². The fraction of sp³-hybridized carbons (Fsp3) is 0.478. The molecule has 2 aliphatic rings. The van der Waals surface area contributed by atoms with Gasteiger partial charge in [-0.25, -0.2) is 0 Å². The first-order chi connectivity index (χ1) is 14.0. The minimum atomic E-state index is 0.00284. The fourth-order valence-corrected chi connectivity index (χ4v) is 3.43. The van der Waals surface area contributed by atoms with Crippen molar-refractivity contribution in [1.29, 1.82) is 0 Å². The summed E-state index contributed by atoms with van der Waals surface area (Å²) >= 11 is 0. The van der Waals surface area contributed by atoms with Gasteiger partial charge in [0.1, 0.15) is 11.5 Å². The molecule has 1 N–H and O–H groups in total. The van der Waals surface area contributed by atoms with Crippen molar-refractivity contribution in [2.75, 3.05) is 13.6 Å². The van der Waals surface area contributed by atoms with Crippen molar-refractivity contribution in [3.05, 3.63) is 59.0 Å². The van der Waals surface area contributed by atoms with Crippen LogP contribution in [0.3, 0.4) is 0 Å². The molecule has 0 saturated heterocycles. The van der Waals surface area contributed by atoms with Gasteiger partial charge in [-0.2, -0.15) is 0 Å². The van der Waals surface area contributed by atoms with E-state index in [0.29, 0.717) is 37.3 Å². The Morgan fingerprint density at radius 1 is 1.03 bits per heavy atom. The smallest absolute Gasteiger partial charge is 0.251 e. The van der Waals surface area contributed by atoms with Crippen LogP contribution in [-0.4, -0.2) is 47.3 Å². The number of likely N-dealkylation sites (N-methyl/N-ethyl adjacent to an activating group) is 1. The van der Waals surface area contributed by atoms with Crippen molar-refractivity contribution in [1.82, 2.24) is 15.1 Å². The van der Waals surface area contributed by atoms with Gasteiger partial charge in [-0.1, -0.05) is 12.1 Å². The molecule has 1 heterocycles. The summed E-state index contributed by atoms with van der Waals surface area (Å²) in [7, 11) is 1.82. The number of furan rings is 1. The average Bonchev–Trinajstić information content (AvgIpc) is 3.62. The van der Waals surface area contributed by atoms with E-state index in [1.54, 1.807) is 4.90 Å². The Bertz CT molecular complexity index is 866. The van der Waals surface area contributed by atoms with Crippen LogP contribution in [-0.2, 0) is 17.9 Å². The third-order valence-electron chi connectivity index (χ3n) is 5.53. The Morgan fingerprint density at radius 2 is 1.76 bits per heavy atom. The van der Waals surface area contributed by atoms with Gasteiger partial charge < -0.3 is 14.6 Å². The zero-order valence-corrected chi connectivity index (χ0v) is 17.2. The van der Waals surface area contributed by atoms with E-state index in [-0.39, 0.29) is 11.8 Å². The number of hydrogen-bond acceptors (Lipinski definition) is 4. The monoisotopic (exact) mass is 395 g/mol. The summed E-state index contributed by atoms with van der Waals surface area (Å²) in [6, 6.07) is 12.4. The summed E-state index contributed by atoms with van der Waals surface area (Å²) in [5, 5.41) is 3.01. The van der Waals surface area contributed by atoms with Gasteiger partial charge in [-0.05, 0) is 62.4 Å². The van der Waals surface area contributed by atoms with Gasteiger partial charge in [-0.3, -0.25) is 14.5 Å². The maximum Gasteiger partial charge on any atom is 0.251 e. The van der Waals surface area contributed by atoms with E-state index in [9.17, 15) is 9.59 Å². The molecule has 2 aliphatic carbocycles. The lowest BCUT2D eigenvalue weighted by molar-refractivity contribution is -0.132. The number of carbonyl (C=O) groups is 2. The van der Waals surface area contributed by atoms with Crippen LogP contribution in [0, 0.1) is 6.92 Å². The van der Waals surface area contributed by atoms with Gasteiger partial charge in [0, 0.05) is 31.2 Å². The predicted octanol–water partition coefficient (Wildman–Crippen LogP) is 3.10. The molecule has 0 atom stereocenters. The highest BCUT2D eigenvalue weighted by Gasteiger charge is 2.31. The first kappa shape index (κ1) is 19.7. The van der Waals surface area contributed by atoms with E-state index in [1.807, 2.05) is 50.4 Å². The number of aryl methyl sites for hydroxylation is 1. The second-order valence-corrected chi connectivity index (χ2v) is 8.34. The van der Waals surface area contributed by atoms with Crippen molar-refractivity contribution in [3.63, 3.8) is 0 Å². The molecule has 2 fully saturated rings. The van der Waals surface area contributed by atoms with Crippen molar-refractivity contribution >= 4 is 11.8 Å². The van der Waals surface area contributed by atoms with Crippen molar-refractivity contribution in [2.45, 2.75) is 57.8 Å². The van der Waals surface area contributed by atoms with Gasteiger partial charge in [0.2, 0.25) is 5.91 Å². The van der Waals surface area contributed by atoms with E-state index in [0.717, 1.165) is 42.8 Å². The third-order valence-corrected chi connectivity index (χ3v) is 5.53.